The molecule has 1 rings (SSSR count). The van der Waals surface area contributed by atoms with Gasteiger partial charge in [-0.3, -0.25) is 4.79 Å². The van der Waals surface area contributed by atoms with Crippen molar-refractivity contribution in [3.05, 3.63) is 0 Å². The number of esters is 1. The molecule has 5 heteroatoms. The molecule has 220 valence electrons. The Morgan fingerprint density at radius 3 is 1.57 bits per heavy atom. The van der Waals surface area contributed by atoms with Crippen molar-refractivity contribution >= 4 is 5.97 Å². The lowest BCUT2D eigenvalue weighted by atomic mass is 9.83. The van der Waals surface area contributed by atoms with E-state index in [9.17, 15) is 15.0 Å². The normalized spacial score (nSPS) is 22.0. The van der Waals surface area contributed by atoms with Gasteiger partial charge in [-0.05, 0) is 26.7 Å². The molecular weight excluding hydrogens is 464 g/mol. The number of carbonyl (C=O) groups is 1. The molecular formula is C32H62O5. The predicted octanol–water partition coefficient (Wildman–Crippen LogP) is 8.28. The first kappa shape index (κ1) is 34.4. The lowest BCUT2D eigenvalue weighted by molar-refractivity contribution is -0.155. The smallest absolute Gasteiger partial charge is 0.305 e. The second-order valence-electron chi connectivity index (χ2n) is 11.9. The van der Waals surface area contributed by atoms with Crippen molar-refractivity contribution in [1.82, 2.24) is 0 Å². The summed E-state index contributed by atoms with van der Waals surface area (Å²) < 4.78 is 11.2. The molecule has 1 aliphatic carbocycles. The van der Waals surface area contributed by atoms with Crippen LogP contribution < -0.4 is 0 Å². The fourth-order valence-corrected chi connectivity index (χ4v) is 5.58. The molecule has 1 fully saturated rings. The molecule has 5 nitrogen and oxygen atoms in total. The van der Waals surface area contributed by atoms with Gasteiger partial charge in [0.05, 0.1) is 31.0 Å². The Hall–Kier alpha value is -0.650. The van der Waals surface area contributed by atoms with Crippen molar-refractivity contribution < 1.29 is 24.5 Å². The molecule has 0 bridgehead atoms. The molecule has 0 aromatic rings. The van der Waals surface area contributed by atoms with Gasteiger partial charge in [-0.25, -0.2) is 0 Å². The van der Waals surface area contributed by atoms with Crippen molar-refractivity contribution in [2.45, 2.75) is 186 Å². The zero-order chi connectivity index (χ0) is 27.1. The summed E-state index contributed by atoms with van der Waals surface area (Å²) >= 11 is 0. The van der Waals surface area contributed by atoms with Gasteiger partial charge in [0.1, 0.15) is 0 Å². The second-order valence-corrected chi connectivity index (χ2v) is 11.9. The van der Waals surface area contributed by atoms with Crippen molar-refractivity contribution in [2.75, 3.05) is 6.61 Å². The van der Waals surface area contributed by atoms with E-state index in [1.165, 1.54) is 109 Å². The van der Waals surface area contributed by atoms with Gasteiger partial charge in [0.25, 0.3) is 0 Å². The van der Waals surface area contributed by atoms with Gasteiger partial charge in [0.15, 0.2) is 0 Å². The molecule has 2 N–H and O–H groups in total. The fourth-order valence-electron chi connectivity index (χ4n) is 5.58. The van der Waals surface area contributed by atoms with E-state index >= 15 is 0 Å². The van der Waals surface area contributed by atoms with E-state index in [2.05, 4.69) is 6.92 Å². The van der Waals surface area contributed by atoms with E-state index in [0.29, 0.717) is 19.3 Å². The third-order valence-corrected chi connectivity index (χ3v) is 7.85. The third-order valence-electron chi connectivity index (χ3n) is 7.85. The molecule has 1 saturated carbocycles. The van der Waals surface area contributed by atoms with Crippen molar-refractivity contribution in [3.8, 4) is 0 Å². The Labute approximate surface area is 229 Å². The molecule has 0 aliphatic heterocycles. The molecule has 0 spiro atoms. The minimum Gasteiger partial charge on any atom is -0.465 e. The number of ether oxygens (including phenoxy) is 2. The Bertz CT molecular complexity index is 523. The average Bonchev–Trinajstić information content (AvgIpc) is 2.86. The van der Waals surface area contributed by atoms with E-state index in [-0.39, 0.29) is 30.7 Å². The lowest BCUT2D eigenvalue weighted by Crippen LogP contribution is -2.46. The summed E-state index contributed by atoms with van der Waals surface area (Å²) in [5, 5.41) is 20.4. The van der Waals surface area contributed by atoms with Gasteiger partial charge in [0.2, 0.25) is 0 Å². The van der Waals surface area contributed by atoms with Crippen LogP contribution in [0.2, 0.25) is 0 Å². The zero-order valence-electron chi connectivity index (χ0n) is 24.8. The van der Waals surface area contributed by atoms with Crippen LogP contribution in [-0.2, 0) is 14.3 Å². The first-order chi connectivity index (χ1) is 17.9. The van der Waals surface area contributed by atoms with Gasteiger partial charge < -0.3 is 19.7 Å². The monoisotopic (exact) mass is 526 g/mol. The van der Waals surface area contributed by atoms with Crippen LogP contribution in [0, 0.1) is 5.92 Å². The number of aliphatic hydroxyl groups excluding tert-OH is 2. The molecule has 0 aromatic heterocycles. The summed E-state index contributed by atoms with van der Waals surface area (Å²) in [5.74, 6) is -0.456. The molecule has 37 heavy (non-hydrogen) atoms. The van der Waals surface area contributed by atoms with Crippen LogP contribution in [0.5, 0.6) is 0 Å². The number of rotatable bonds is 24. The largest absolute Gasteiger partial charge is 0.465 e. The van der Waals surface area contributed by atoms with Crippen LogP contribution in [0.25, 0.3) is 0 Å². The van der Waals surface area contributed by atoms with E-state index < -0.39 is 12.2 Å². The highest BCUT2D eigenvalue weighted by atomic mass is 16.5. The summed E-state index contributed by atoms with van der Waals surface area (Å²) in [6, 6.07) is 0. The Morgan fingerprint density at radius 1 is 0.703 bits per heavy atom. The minimum absolute atomic E-state index is 0.0741. The molecule has 0 heterocycles. The summed E-state index contributed by atoms with van der Waals surface area (Å²) in [7, 11) is 0. The van der Waals surface area contributed by atoms with E-state index in [1.54, 1.807) is 0 Å². The molecule has 0 aromatic carbocycles. The van der Waals surface area contributed by atoms with E-state index in [1.807, 2.05) is 13.8 Å². The number of aliphatic hydroxyl groups is 2. The lowest BCUT2D eigenvalue weighted by Gasteiger charge is -2.37. The second kappa shape index (κ2) is 23.3. The molecule has 4 atom stereocenters. The topological polar surface area (TPSA) is 76.0 Å². The van der Waals surface area contributed by atoms with Crippen molar-refractivity contribution in [1.29, 1.82) is 0 Å². The molecule has 0 saturated heterocycles. The van der Waals surface area contributed by atoms with Crippen molar-refractivity contribution in [3.63, 3.8) is 0 Å². The fraction of sp³-hybridized carbons (Fsp3) is 0.969. The average molecular weight is 527 g/mol. The third kappa shape index (κ3) is 19.1. The first-order valence-electron chi connectivity index (χ1n) is 16.1. The maximum Gasteiger partial charge on any atom is 0.305 e. The van der Waals surface area contributed by atoms with Crippen LogP contribution in [0.4, 0.5) is 0 Å². The van der Waals surface area contributed by atoms with Gasteiger partial charge in [-0.15, -0.1) is 0 Å². The highest BCUT2D eigenvalue weighted by Crippen LogP contribution is 2.28. The molecule has 0 amide bonds. The molecule has 1 aliphatic rings. The number of carbonyl (C=O) groups excluding carboxylic acids is 1. The minimum atomic E-state index is -0.852. The predicted molar refractivity (Wildman–Crippen MR) is 154 cm³/mol. The highest BCUT2D eigenvalue weighted by Gasteiger charge is 2.37. The van der Waals surface area contributed by atoms with Crippen LogP contribution >= 0.6 is 0 Å². The summed E-state index contributed by atoms with van der Waals surface area (Å²) in [4.78, 5) is 12.1. The summed E-state index contributed by atoms with van der Waals surface area (Å²) in [5.41, 5.74) is 0. The maximum absolute atomic E-state index is 12.1. The van der Waals surface area contributed by atoms with Gasteiger partial charge in [-0.1, -0.05) is 122 Å². The van der Waals surface area contributed by atoms with Gasteiger partial charge in [-0.2, -0.15) is 0 Å². The summed E-state index contributed by atoms with van der Waals surface area (Å²) in [6.07, 6.45) is 25.2. The standard InChI is InChI=1S/C32H62O5/c1-4-5-6-7-8-9-10-11-12-13-14-15-16-17-18-19-20-21-22-23-31(34)36-26-28-24-29(37-27(2)3)25-30(33)32(28)35/h27-30,32-33,35H,4-26H2,1-3H3/t28?,29-,30-,32+/m1/s1. The van der Waals surface area contributed by atoms with Crippen LogP contribution in [0.15, 0.2) is 0 Å². The Kier molecular flexibility index (Phi) is 21.6. The first-order valence-corrected chi connectivity index (χ1v) is 16.1. The maximum atomic E-state index is 12.1. The van der Waals surface area contributed by atoms with Gasteiger partial charge in [0, 0.05) is 18.8 Å². The summed E-state index contributed by atoms with van der Waals surface area (Å²) in [6.45, 7) is 6.37. The molecule has 0 radical (unpaired) electrons. The van der Waals surface area contributed by atoms with Crippen LogP contribution in [-0.4, -0.2) is 47.2 Å². The molecule has 1 unspecified atom stereocenters. The van der Waals surface area contributed by atoms with Gasteiger partial charge >= 0.3 is 5.97 Å². The number of unbranched alkanes of at least 4 members (excludes halogenated alkanes) is 18. The van der Waals surface area contributed by atoms with Crippen LogP contribution in [0.1, 0.15) is 162 Å². The quantitative estimate of drug-likeness (QED) is 0.0977. The zero-order valence-corrected chi connectivity index (χ0v) is 24.8. The van der Waals surface area contributed by atoms with E-state index in [0.717, 1.165) is 12.8 Å². The van der Waals surface area contributed by atoms with Crippen molar-refractivity contribution in [2.24, 2.45) is 5.92 Å². The Morgan fingerprint density at radius 2 is 1.14 bits per heavy atom. The Balaban J connectivity index is 1.87. The van der Waals surface area contributed by atoms with E-state index in [4.69, 9.17) is 9.47 Å². The SMILES string of the molecule is CCCCCCCCCCCCCCCCCCCCCC(=O)OCC1C[C@@H](OC(C)C)C[C@@H](O)[C@H]1O. The number of hydrogen-bond donors (Lipinski definition) is 2. The highest BCUT2D eigenvalue weighted by molar-refractivity contribution is 5.69. The number of hydrogen-bond acceptors (Lipinski definition) is 5. The van der Waals surface area contributed by atoms with Crippen LogP contribution in [0.3, 0.4) is 0 Å².